The van der Waals surface area contributed by atoms with Crippen molar-refractivity contribution in [2.24, 2.45) is 0 Å². The van der Waals surface area contributed by atoms with Gasteiger partial charge in [0.2, 0.25) is 10.0 Å². The van der Waals surface area contributed by atoms with Crippen LogP contribution in [-0.2, 0) is 27.7 Å². The zero-order chi connectivity index (χ0) is 26.9. The second kappa shape index (κ2) is 11.0. The molecule has 0 unspecified atom stereocenters. The van der Waals surface area contributed by atoms with Gasteiger partial charge in [0.15, 0.2) is 0 Å². The highest BCUT2D eigenvalue weighted by Gasteiger charge is 2.33. The van der Waals surface area contributed by atoms with Crippen LogP contribution >= 0.6 is 11.3 Å². The first-order valence-corrected chi connectivity index (χ1v) is 15.3. The SMILES string of the molecule is CCOC(=O)N1CCc2c(sc(NC(=O)c3ccc(S(=O)(=O)N4CCCC4)cc3)c2C(=O)N2CCCC2)C1. The van der Waals surface area contributed by atoms with E-state index in [1.54, 1.807) is 11.8 Å². The van der Waals surface area contributed by atoms with Gasteiger partial charge in [0.05, 0.1) is 23.6 Å². The van der Waals surface area contributed by atoms with E-state index in [1.165, 1.54) is 39.9 Å². The summed E-state index contributed by atoms with van der Waals surface area (Å²) in [6, 6.07) is 5.90. The minimum absolute atomic E-state index is 0.105. The summed E-state index contributed by atoms with van der Waals surface area (Å²) < 4.78 is 32.3. The third-order valence-electron chi connectivity index (χ3n) is 7.24. The van der Waals surface area contributed by atoms with Gasteiger partial charge in [-0.05, 0) is 68.9 Å². The lowest BCUT2D eigenvalue weighted by Crippen LogP contribution is -2.36. The van der Waals surface area contributed by atoms with Crippen molar-refractivity contribution in [3.63, 3.8) is 0 Å². The van der Waals surface area contributed by atoms with Crippen molar-refractivity contribution >= 4 is 44.3 Å². The number of hydrogen-bond donors (Lipinski definition) is 1. The molecule has 38 heavy (non-hydrogen) atoms. The fraction of sp³-hybridized carbons (Fsp3) is 0.500. The number of ether oxygens (including phenoxy) is 1. The van der Waals surface area contributed by atoms with Gasteiger partial charge in [0, 0.05) is 43.2 Å². The Morgan fingerprint density at radius 3 is 2.26 bits per heavy atom. The third-order valence-corrected chi connectivity index (χ3v) is 10.3. The maximum atomic E-state index is 13.5. The number of thiophene rings is 1. The van der Waals surface area contributed by atoms with Crippen molar-refractivity contribution in [3.8, 4) is 0 Å². The summed E-state index contributed by atoms with van der Waals surface area (Å²) in [6.07, 6.45) is 3.69. The molecule has 1 aromatic heterocycles. The van der Waals surface area contributed by atoms with Crippen molar-refractivity contribution in [2.45, 2.75) is 50.5 Å². The van der Waals surface area contributed by atoms with Gasteiger partial charge in [-0.25, -0.2) is 13.2 Å². The van der Waals surface area contributed by atoms with Crippen molar-refractivity contribution in [1.82, 2.24) is 14.1 Å². The molecule has 5 rings (SSSR count). The molecule has 0 spiro atoms. The summed E-state index contributed by atoms with van der Waals surface area (Å²) in [5, 5.41) is 3.36. The van der Waals surface area contributed by atoms with Crippen LogP contribution in [0.5, 0.6) is 0 Å². The molecule has 3 aliphatic heterocycles. The van der Waals surface area contributed by atoms with E-state index in [4.69, 9.17) is 4.74 Å². The van der Waals surface area contributed by atoms with Crippen molar-refractivity contribution < 1.29 is 27.5 Å². The summed E-state index contributed by atoms with van der Waals surface area (Å²) in [6.45, 7) is 5.17. The average molecular weight is 561 g/mol. The Bertz CT molecular complexity index is 1330. The summed E-state index contributed by atoms with van der Waals surface area (Å²) in [5.74, 6) is -0.529. The predicted molar refractivity (Wildman–Crippen MR) is 143 cm³/mol. The zero-order valence-corrected chi connectivity index (χ0v) is 23.0. The summed E-state index contributed by atoms with van der Waals surface area (Å²) >= 11 is 1.30. The average Bonchev–Trinajstić information content (AvgIpc) is 3.69. The van der Waals surface area contributed by atoms with E-state index in [0.29, 0.717) is 61.8 Å². The monoisotopic (exact) mass is 560 g/mol. The van der Waals surface area contributed by atoms with Crippen LogP contribution in [0.25, 0.3) is 0 Å². The van der Waals surface area contributed by atoms with Gasteiger partial charge in [0.1, 0.15) is 5.00 Å². The predicted octanol–water partition coefficient (Wildman–Crippen LogP) is 3.54. The highest BCUT2D eigenvalue weighted by Crippen LogP contribution is 2.39. The fourth-order valence-electron chi connectivity index (χ4n) is 5.20. The van der Waals surface area contributed by atoms with Gasteiger partial charge in [-0.2, -0.15) is 4.31 Å². The van der Waals surface area contributed by atoms with E-state index in [0.717, 1.165) is 36.1 Å². The van der Waals surface area contributed by atoms with Crippen LogP contribution < -0.4 is 5.32 Å². The smallest absolute Gasteiger partial charge is 0.410 e. The second-order valence-corrected chi connectivity index (χ2v) is 12.7. The molecule has 12 heteroatoms. The molecule has 0 aliphatic carbocycles. The molecule has 1 N–H and O–H groups in total. The molecular formula is C26H32N4O6S2. The van der Waals surface area contributed by atoms with Crippen LogP contribution in [0.15, 0.2) is 29.2 Å². The lowest BCUT2D eigenvalue weighted by molar-refractivity contribution is 0.0792. The first-order chi connectivity index (χ1) is 18.3. The normalized spacial score (nSPS) is 17.9. The number of nitrogens with one attached hydrogen (secondary N) is 1. The number of nitrogens with zero attached hydrogens (tertiary/aromatic N) is 3. The van der Waals surface area contributed by atoms with E-state index < -0.39 is 22.0 Å². The fourth-order valence-corrected chi connectivity index (χ4v) is 7.97. The van der Waals surface area contributed by atoms with Crippen LogP contribution in [0.4, 0.5) is 9.80 Å². The van der Waals surface area contributed by atoms with Crippen LogP contribution in [0.1, 0.15) is 63.8 Å². The maximum Gasteiger partial charge on any atom is 0.410 e. The Morgan fingerprint density at radius 2 is 1.61 bits per heavy atom. The third kappa shape index (κ3) is 5.16. The van der Waals surface area contributed by atoms with E-state index in [-0.39, 0.29) is 17.4 Å². The van der Waals surface area contributed by atoms with Gasteiger partial charge in [-0.15, -0.1) is 11.3 Å². The van der Waals surface area contributed by atoms with Crippen LogP contribution in [0.2, 0.25) is 0 Å². The standard InChI is InChI=1S/C26H32N4O6S2/c1-2-36-26(33)29-16-11-20-21(17-29)37-24(22(20)25(32)28-12-3-4-13-28)27-23(31)18-7-9-19(10-8-18)38(34,35)30-14-5-6-15-30/h7-10H,2-6,11-17H2,1H3,(H,27,31). The van der Waals surface area contributed by atoms with Gasteiger partial charge < -0.3 is 19.9 Å². The minimum Gasteiger partial charge on any atom is -0.450 e. The number of benzene rings is 1. The van der Waals surface area contributed by atoms with E-state index >= 15 is 0 Å². The zero-order valence-electron chi connectivity index (χ0n) is 21.4. The minimum atomic E-state index is -3.58. The molecule has 0 atom stereocenters. The number of sulfonamides is 1. The Balaban J connectivity index is 1.39. The maximum absolute atomic E-state index is 13.5. The molecule has 4 heterocycles. The first-order valence-electron chi connectivity index (χ1n) is 13.1. The highest BCUT2D eigenvalue weighted by molar-refractivity contribution is 7.89. The van der Waals surface area contributed by atoms with E-state index in [9.17, 15) is 22.8 Å². The number of carbonyl (C=O) groups is 3. The molecule has 0 saturated carbocycles. The number of fused-ring (bicyclic) bond motifs is 1. The molecule has 10 nitrogen and oxygen atoms in total. The summed E-state index contributed by atoms with van der Waals surface area (Å²) in [7, 11) is -3.58. The molecule has 204 valence electrons. The Kier molecular flexibility index (Phi) is 7.73. The topological polar surface area (TPSA) is 116 Å². The van der Waals surface area contributed by atoms with Crippen molar-refractivity contribution in [3.05, 3.63) is 45.8 Å². The number of anilines is 1. The molecule has 0 radical (unpaired) electrons. The van der Waals surface area contributed by atoms with Crippen molar-refractivity contribution in [2.75, 3.05) is 44.6 Å². The molecule has 0 bridgehead atoms. The Hall–Kier alpha value is -2.96. The molecule has 2 aromatic rings. The molecular weight excluding hydrogens is 528 g/mol. The van der Waals surface area contributed by atoms with Gasteiger partial charge in [-0.3, -0.25) is 9.59 Å². The largest absolute Gasteiger partial charge is 0.450 e. The van der Waals surface area contributed by atoms with Crippen LogP contribution in [0, 0.1) is 0 Å². The molecule has 2 saturated heterocycles. The lowest BCUT2D eigenvalue weighted by Gasteiger charge is -2.26. The Morgan fingerprint density at radius 1 is 0.947 bits per heavy atom. The van der Waals surface area contributed by atoms with Crippen molar-refractivity contribution in [1.29, 1.82) is 0 Å². The number of amides is 3. The van der Waals surface area contributed by atoms with Gasteiger partial charge in [0.25, 0.3) is 11.8 Å². The highest BCUT2D eigenvalue weighted by atomic mass is 32.2. The quantitative estimate of drug-likeness (QED) is 0.578. The number of likely N-dealkylation sites (tertiary alicyclic amines) is 1. The molecule has 2 fully saturated rings. The summed E-state index contributed by atoms with van der Waals surface area (Å²) in [5.41, 5.74) is 1.66. The number of rotatable bonds is 6. The van der Waals surface area contributed by atoms with Gasteiger partial charge >= 0.3 is 6.09 Å². The van der Waals surface area contributed by atoms with Gasteiger partial charge in [-0.1, -0.05) is 0 Å². The van der Waals surface area contributed by atoms with E-state index in [1.807, 2.05) is 4.90 Å². The lowest BCUT2D eigenvalue weighted by atomic mass is 10.0. The second-order valence-electron chi connectivity index (χ2n) is 9.67. The molecule has 1 aromatic carbocycles. The Labute approximate surface area is 226 Å². The van der Waals surface area contributed by atoms with Crippen LogP contribution in [0.3, 0.4) is 0 Å². The number of hydrogen-bond acceptors (Lipinski definition) is 7. The van der Waals surface area contributed by atoms with E-state index in [2.05, 4.69) is 5.32 Å². The first kappa shape index (κ1) is 26.6. The summed E-state index contributed by atoms with van der Waals surface area (Å²) in [4.78, 5) is 43.5. The molecule has 3 amide bonds. The number of carbonyl (C=O) groups excluding carboxylic acids is 3. The van der Waals surface area contributed by atoms with Crippen LogP contribution in [-0.4, -0.2) is 79.8 Å². The molecule has 3 aliphatic rings.